The summed E-state index contributed by atoms with van der Waals surface area (Å²) in [7, 11) is 0. The topological polar surface area (TPSA) is 47.9 Å². The second-order valence-corrected chi connectivity index (χ2v) is 9.41. The molecule has 0 amide bonds. The van der Waals surface area contributed by atoms with Gasteiger partial charge in [0.2, 0.25) is 0 Å². The Morgan fingerprint density at radius 3 is 2.47 bits per heavy atom. The van der Waals surface area contributed by atoms with Gasteiger partial charge >= 0.3 is 6.36 Å². The highest BCUT2D eigenvalue weighted by atomic mass is 32.1. The summed E-state index contributed by atoms with van der Waals surface area (Å²) in [6.07, 6.45) is -1.60. The number of carbonyl (C=O) groups excluding carboxylic acids is 1. The van der Waals surface area contributed by atoms with E-state index in [1.165, 1.54) is 6.07 Å². The summed E-state index contributed by atoms with van der Waals surface area (Å²) in [6.45, 7) is 0.0393. The van der Waals surface area contributed by atoms with Crippen molar-refractivity contribution >= 4 is 22.8 Å². The van der Waals surface area contributed by atoms with E-state index in [0.717, 1.165) is 23.4 Å². The van der Waals surface area contributed by atoms with Crippen LogP contribution in [0.25, 0.3) is 11.1 Å². The Balaban J connectivity index is 1.37. The number of carbonyl (C=O) groups is 1. The highest BCUT2D eigenvalue weighted by molar-refractivity contribution is 7.12. The van der Waals surface area contributed by atoms with Crippen molar-refractivity contribution in [1.82, 2.24) is 0 Å². The van der Waals surface area contributed by atoms with E-state index in [1.807, 2.05) is 17.5 Å². The number of Topliss-reactive ketones (excluding diaryl/α,β-unsaturated/α-hetero) is 1. The van der Waals surface area contributed by atoms with E-state index in [9.17, 15) is 18.0 Å². The van der Waals surface area contributed by atoms with Gasteiger partial charge in [-0.15, -0.1) is 24.5 Å². The molecule has 0 radical (unpaired) electrons. The van der Waals surface area contributed by atoms with Crippen LogP contribution in [0.4, 0.5) is 13.2 Å². The van der Waals surface area contributed by atoms with Gasteiger partial charge in [-0.25, -0.2) is 0 Å². The molecular weight excluding hydrogens is 463 g/mol. The van der Waals surface area contributed by atoms with E-state index >= 15 is 0 Å². The van der Waals surface area contributed by atoms with Gasteiger partial charge in [0.05, 0.1) is 11.8 Å². The van der Waals surface area contributed by atoms with Crippen molar-refractivity contribution in [2.75, 3.05) is 6.61 Å². The van der Waals surface area contributed by atoms with Gasteiger partial charge in [0, 0.05) is 16.4 Å². The minimum absolute atomic E-state index is 0.0393. The molecule has 0 bridgehead atoms. The van der Waals surface area contributed by atoms with Gasteiger partial charge < -0.3 is 9.47 Å². The van der Waals surface area contributed by atoms with E-state index in [2.05, 4.69) is 4.74 Å². The van der Waals surface area contributed by atoms with Gasteiger partial charge in [0.1, 0.15) is 18.1 Å². The molecule has 1 atom stereocenters. The predicted molar refractivity (Wildman–Crippen MR) is 125 cm³/mol. The smallest absolute Gasteiger partial charge is 0.486 e. The summed E-state index contributed by atoms with van der Waals surface area (Å²) in [5.41, 5.74) is 2.64. The van der Waals surface area contributed by atoms with Crippen molar-refractivity contribution in [3.05, 3.63) is 70.4 Å². The predicted octanol–water partition coefficient (Wildman–Crippen LogP) is 7.00. The molecule has 1 aliphatic heterocycles. The number of alkyl halides is 3. The number of benzene rings is 2. The molecule has 2 heterocycles. The first-order valence-corrected chi connectivity index (χ1v) is 12.0. The zero-order valence-corrected chi connectivity index (χ0v) is 19.0. The molecule has 3 aromatic rings. The normalized spacial score (nSPS) is 18.0. The molecule has 4 nitrogen and oxygen atoms in total. The molecule has 1 unspecified atom stereocenters. The minimum Gasteiger partial charge on any atom is -0.486 e. The standard InChI is InChI=1S/C26H22F3NO3S/c27-26(28,29)33-24-14-18(16-5-8-19(9-6-16)32-15-23(31)17-3-4-17)7-10-20(24)21-11-12-22(30-21)25-2-1-13-34-25/h1-2,5-10,13-14,17,21H,3-4,11-12,15H2. The maximum absolute atomic E-state index is 13.2. The Kier molecular flexibility index (Phi) is 6.16. The molecule has 1 aromatic heterocycles. The maximum atomic E-state index is 13.2. The van der Waals surface area contributed by atoms with Gasteiger partial charge in [0.25, 0.3) is 0 Å². The number of aliphatic imine (C=N–C) groups is 1. The Bertz CT molecular complexity index is 1200. The number of thiophene rings is 1. The van der Waals surface area contributed by atoms with Gasteiger partial charge in [-0.2, -0.15) is 0 Å². The van der Waals surface area contributed by atoms with Crippen molar-refractivity contribution in [2.45, 2.75) is 38.1 Å². The summed E-state index contributed by atoms with van der Waals surface area (Å²) < 4.78 is 49.6. The lowest BCUT2D eigenvalue weighted by Crippen LogP contribution is -2.18. The molecule has 2 aromatic carbocycles. The van der Waals surface area contributed by atoms with Crippen molar-refractivity contribution in [2.24, 2.45) is 10.9 Å². The van der Waals surface area contributed by atoms with Crippen LogP contribution in [0.1, 0.15) is 42.2 Å². The highest BCUT2D eigenvalue weighted by Gasteiger charge is 2.34. The van der Waals surface area contributed by atoms with E-state index in [4.69, 9.17) is 9.73 Å². The van der Waals surface area contributed by atoms with Crippen LogP contribution in [0, 0.1) is 5.92 Å². The molecule has 0 spiro atoms. The van der Waals surface area contributed by atoms with E-state index < -0.39 is 6.36 Å². The average Bonchev–Trinajstić information content (AvgIpc) is 3.30. The van der Waals surface area contributed by atoms with E-state index in [1.54, 1.807) is 47.7 Å². The Morgan fingerprint density at radius 1 is 1.03 bits per heavy atom. The molecule has 2 aliphatic rings. The molecule has 8 heteroatoms. The summed E-state index contributed by atoms with van der Waals surface area (Å²) >= 11 is 1.57. The van der Waals surface area contributed by atoms with Crippen molar-refractivity contribution < 1.29 is 27.4 Å². The van der Waals surface area contributed by atoms with E-state index in [0.29, 0.717) is 35.3 Å². The molecular formula is C26H22F3NO3S. The Hall–Kier alpha value is -3.13. The molecule has 176 valence electrons. The molecule has 1 aliphatic carbocycles. The number of halogens is 3. The van der Waals surface area contributed by atoms with Crippen molar-refractivity contribution in [1.29, 1.82) is 0 Å². The molecule has 34 heavy (non-hydrogen) atoms. The zero-order valence-electron chi connectivity index (χ0n) is 18.2. The van der Waals surface area contributed by atoms with Crippen LogP contribution in [-0.4, -0.2) is 24.5 Å². The van der Waals surface area contributed by atoms with Crippen LogP contribution in [-0.2, 0) is 4.79 Å². The molecule has 0 N–H and O–H groups in total. The van der Waals surface area contributed by atoms with E-state index in [-0.39, 0.29) is 30.1 Å². The lowest BCUT2D eigenvalue weighted by molar-refractivity contribution is -0.274. The fraction of sp³-hybridized carbons (Fsp3) is 0.308. The van der Waals surface area contributed by atoms with Crippen molar-refractivity contribution in [3.63, 3.8) is 0 Å². The van der Waals surface area contributed by atoms with Crippen LogP contribution in [0.3, 0.4) is 0 Å². The first-order chi connectivity index (χ1) is 16.4. The van der Waals surface area contributed by atoms with Crippen LogP contribution in [0.15, 0.2) is 65.0 Å². The quantitative estimate of drug-likeness (QED) is 0.345. The Labute approximate surface area is 199 Å². The first kappa shape index (κ1) is 22.7. The summed E-state index contributed by atoms with van der Waals surface area (Å²) in [6, 6.07) is 15.3. The third kappa shape index (κ3) is 5.33. The van der Waals surface area contributed by atoms with Crippen LogP contribution in [0.2, 0.25) is 0 Å². The second kappa shape index (κ2) is 9.25. The molecule has 1 saturated carbocycles. The summed E-state index contributed by atoms with van der Waals surface area (Å²) in [5, 5.41) is 1.96. The van der Waals surface area contributed by atoms with Crippen molar-refractivity contribution in [3.8, 4) is 22.6 Å². The third-order valence-electron chi connectivity index (χ3n) is 5.97. The first-order valence-electron chi connectivity index (χ1n) is 11.1. The van der Waals surface area contributed by atoms with Crippen LogP contribution in [0.5, 0.6) is 11.5 Å². The van der Waals surface area contributed by atoms with Crippen LogP contribution < -0.4 is 9.47 Å². The summed E-state index contributed by atoms with van der Waals surface area (Å²) in [5.74, 6) is 0.546. The number of hydrogen-bond acceptors (Lipinski definition) is 5. The monoisotopic (exact) mass is 485 g/mol. The third-order valence-corrected chi connectivity index (χ3v) is 6.89. The second-order valence-electron chi connectivity index (χ2n) is 8.46. The largest absolute Gasteiger partial charge is 0.573 e. The fourth-order valence-electron chi connectivity index (χ4n) is 4.07. The summed E-state index contributed by atoms with van der Waals surface area (Å²) in [4.78, 5) is 17.5. The fourth-order valence-corrected chi connectivity index (χ4v) is 4.82. The zero-order chi connectivity index (χ0) is 23.7. The maximum Gasteiger partial charge on any atom is 0.573 e. The number of nitrogens with zero attached hydrogens (tertiary/aromatic N) is 1. The molecule has 0 saturated heterocycles. The van der Waals surface area contributed by atoms with Gasteiger partial charge in [-0.3, -0.25) is 9.79 Å². The number of ether oxygens (including phenoxy) is 2. The lowest BCUT2D eigenvalue weighted by atomic mass is 9.98. The molecule has 5 rings (SSSR count). The number of hydrogen-bond donors (Lipinski definition) is 0. The number of ketones is 1. The average molecular weight is 486 g/mol. The SMILES string of the molecule is O=C(COc1ccc(-c2ccc(C3CCC(c4cccs4)=N3)c(OC(F)(F)F)c2)cc1)C1CC1. The minimum atomic E-state index is -4.81. The van der Waals surface area contributed by atoms with Gasteiger partial charge in [0.15, 0.2) is 5.78 Å². The van der Waals surface area contributed by atoms with Gasteiger partial charge in [-0.05, 0) is 66.5 Å². The van der Waals surface area contributed by atoms with Crippen LogP contribution >= 0.6 is 11.3 Å². The number of rotatable bonds is 8. The molecule has 1 fully saturated rings. The Morgan fingerprint density at radius 2 is 1.79 bits per heavy atom. The lowest BCUT2D eigenvalue weighted by Gasteiger charge is -2.17. The highest BCUT2D eigenvalue weighted by Crippen LogP contribution is 2.40. The van der Waals surface area contributed by atoms with Gasteiger partial charge in [-0.1, -0.05) is 30.3 Å².